The van der Waals surface area contributed by atoms with Crippen LogP contribution in [0.4, 0.5) is 5.69 Å². The lowest BCUT2D eigenvalue weighted by Crippen LogP contribution is -2.24. The van der Waals surface area contributed by atoms with Gasteiger partial charge in [-0.15, -0.1) is 0 Å². The molecule has 5 nitrogen and oxygen atoms in total. The summed E-state index contributed by atoms with van der Waals surface area (Å²) in [6, 6.07) is 0.380. The molecule has 0 saturated carbocycles. The molecule has 1 aromatic rings. The number of anilines is 1. The van der Waals surface area contributed by atoms with Gasteiger partial charge in [0, 0.05) is 12.2 Å². The first kappa shape index (κ1) is 10.2. The Hall–Kier alpha value is -1.36. The van der Waals surface area contributed by atoms with Crippen molar-refractivity contribution in [3.05, 3.63) is 12.4 Å². The molecule has 0 amide bonds. The zero-order valence-corrected chi connectivity index (χ0v) is 9.10. The van der Waals surface area contributed by atoms with Crippen LogP contribution in [0, 0.1) is 0 Å². The molecule has 1 aromatic heterocycles. The van der Waals surface area contributed by atoms with E-state index < -0.39 is 0 Å². The number of hydrogen-bond acceptors (Lipinski definition) is 4. The van der Waals surface area contributed by atoms with Crippen LogP contribution in [0.3, 0.4) is 0 Å². The molecular weight excluding hydrogens is 192 g/mol. The summed E-state index contributed by atoms with van der Waals surface area (Å²) in [5, 5.41) is 7.44. The van der Waals surface area contributed by atoms with E-state index in [-0.39, 0.29) is 0 Å². The number of aromatic nitrogens is 2. The van der Waals surface area contributed by atoms with E-state index in [4.69, 9.17) is 4.74 Å². The lowest BCUT2D eigenvalue weighted by atomic mass is 10.4. The van der Waals surface area contributed by atoms with Crippen LogP contribution >= 0.6 is 0 Å². The van der Waals surface area contributed by atoms with E-state index in [1.54, 1.807) is 6.20 Å². The minimum absolute atomic E-state index is 0.380. The van der Waals surface area contributed by atoms with Crippen molar-refractivity contribution >= 4 is 11.5 Å². The van der Waals surface area contributed by atoms with E-state index in [0.29, 0.717) is 12.6 Å². The Labute approximate surface area is 89.1 Å². The van der Waals surface area contributed by atoms with Gasteiger partial charge in [-0.3, -0.25) is 9.67 Å². The molecular formula is C10H16N4O. The van der Waals surface area contributed by atoms with Gasteiger partial charge in [0.2, 0.25) is 0 Å². The maximum Gasteiger partial charge on any atom is 0.127 e. The van der Waals surface area contributed by atoms with Gasteiger partial charge in [-0.1, -0.05) is 0 Å². The monoisotopic (exact) mass is 208 g/mol. The Balaban J connectivity index is 2.01. The van der Waals surface area contributed by atoms with Crippen LogP contribution < -0.4 is 5.32 Å². The van der Waals surface area contributed by atoms with Crippen LogP contribution in [0.15, 0.2) is 17.4 Å². The molecule has 82 valence electrons. The average Bonchev–Trinajstić information content (AvgIpc) is 2.68. The van der Waals surface area contributed by atoms with Gasteiger partial charge >= 0.3 is 0 Å². The highest BCUT2D eigenvalue weighted by Gasteiger charge is 2.07. The normalized spacial score (nSPS) is 16.6. The van der Waals surface area contributed by atoms with Crippen LogP contribution in [-0.4, -0.2) is 35.4 Å². The molecule has 0 saturated heterocycles. The minimum atomic E-state index is 0.380. The van der Waals surface area contributed by atoms with Crippen molar-refractivity contribution in [2.24, 2.45) is 4.99 Å². The Morgan fingerprint density at radius 3 is 3.00 bits per heavy atom. The second-order valence-electron chi connectivity index (χ2n) is 3.81. The van der Waals surface area contributed by atoms with Gasteiger partial charge in [0.05, 0.1) is 25.0 Å². The highest BCUT2D eigenvalue weighted by Crippen LogP contribution is 2.10. The van der Waals surface area contributed by atoms with Gasteiger partial charge in [0.1, 0.15) is 12.4 Å². The van der Waals surface area contributed by atoms with Crippen LogP contribution in [0.25, 0.3) is 0 Å². The molecule has 0 aliphatic carbocycles. The highest BCUT2D eigenvalue weighted by atomic mass is 16.5. The van der Waals surface area contributed by atoms with Gasteiger partial charge in [-0.05, 0) is 13.8 Å². The average molecular weight is 208 g/mol. The number of nitrogens with zero attached hydrogens (tertiary/aromatic N) is 3. The summed E-state index contributed by atoms with van der Waals surface area (Å²) >= 11 is 0. The van der Waals surface area contributed by atoms with E-state index in [0.717, 1.165) is 24.7 Å². The van der Waals surface area contributed by atoms with Crippen molar-refractivity contribution < 1.29 is 4.74 Å². The zero-order valence-electron chi connectivity index (χ0n) is 9.10. The fourth-order valence-electron chi connectivity index (χ4n) is 1.39. The topological polar surface area (TPSA) is 51.4 Å². The number of ether oxygens (including phenoxy) is 1. The van der Waals surface area contributed by atoms with E-state index in [9.17, 15) is 0 Å². The molecule has 1 aliphatic rings. The van der Waals surface area contributed by atoms with Crippen molar-refractivity contribution in [2.75, 3.05) is 25.1 Å². The quantitative estimate of drug-likeness (QED) is 0.797. The van der Waals surface area contributed by atoms with Gasteiger partial charge in [-0.25, -0.2) is 0 Å². The molecule has 1 N–H and O–H groups in total. The van der Waals surface area contributed by atoms with Crippen molar-refractivity contribution in [3.8, 4) is 0 Å². The van der Waals surface area contributed by atoms with Crippen molar-refractivity contribution in [1.29, 1.82) is 0 Å². The van der Waals surface area contributed by atoms with Crippen molar-refractivity contribution in [2.45, 2.75) is 19.9 Å². The van der Waals surface area contributed by atoms with Crippen molar-refractivity contribution in [3.63, 3.8) is 0 Å². The molecule has 5 heteroatoms. The predicted molar refractivity (Wildman–Crippen MR) is 59.4 cm³/mol. The molecule has 0 aromatic carbocycles. The predicted octanol–water partition coefficient (Wildman–Crippen LogP) is 1.30. The molecule has 0 spiro atoms. The number of rotatable bonds is 2. The fraction of sp³-hybridized carbons (Fsp3) is 0.600. The van der Waals surface area contributed by atoms with Crippen LogP contribution in [0.2, 0.25) is 0 Å². The molecule has 0 bridgehead atoms. The van der Waals surface area contributed by atoms with E-state index in [1.165, 1.54) is 0 Å². The smallest absolute Gasteiger partial charge is 0.127 e. The SMILES string of the molecule is CC(C)n1cc(NC2=NCCOC2)cn1. The Morgan fingerprint density at radius 1 is 1.53 bits per heavy atom. The maximum absolute atomic E-state index is 5.29. The van der Waals surface area contributed by atoms with Gasteiger partial charge in [-0.2, -0.15) is 5.10 Å². The zero-order chi connectivity index (χ0) is 10.7. The van der Waals surface area contributed by atoms with Gasteiger partial charge in [0.15, 0.2) is 0 Å². The number of hydrogen-bond donors (Lipinski definition) is 1. The third-order valence-electron chi connectivity index (χ3n) is 2.20. The van der Waals surface area contributed by atoms with E-state index in [1.807, 2.05) is 10.9 Å². The fourth-order valence-corrected chi connectivity index (χ4v) is 1.39. The first-order chi connectivity index (χ1) is 7.25. The minimum Gasteiger partial charge on any atom is -0.372 e. The second kappa shape index (κ2) is 4.44. The summed E-state index contributed by atoms with van der Waals surface area (Å²) in [7, 11) is 0. The molecule has 2 heterocycles. The summed E-state index contributed by atoms with van der Waals surface area (Å²) in [4.78, 5) is 4.32. The summed E-state index contributed by atoms with van der Waals surface area (Å²) in [6.45, 7) is 6.21. The summed E-state index contributed by atoms with van der Waals surface area (Å²) < 4.78 is 7.20. The Kier molecular flexibility index (Phi) is 3.01. The molecule has 0 fully saturated rings. The lowest BCUT2D eigenvalue weighted by molar-refractivity contribution is 0.171. The Morgan fingerprint density at radius 2 is 2.40 bits per heavy atom. The summed E-state index contributed by atoms with van der Waals surface area (Å²) in [5.41, 5.74) is 0.966. The molecule has 15 heavy (non-hydrogen) atoms. The van der Waals surface area contributed by atoms with E-state index >= 15 is 0 Å². The lowest BCUT2D eigenvalue weighted by Gasteiger charge is -2.13. The van der Waals surface area contributed by atoms with E-state index in [2.05, 4.69) is 29.3 Å². The number of nitrogens with one attached hydrogen (secondary N) is 1. The van der Waals surface area contributed by atoms with Crippen LogP contribution in [0.1, 0.15) is 19.9 Å². The summed E-state index contributed by atoms with van der Waals surface area (Å²) in [6.07, 6.45) is 3.78. The van der Waals surface area contributed by atoms with Gasteiger partial charge < -0.3 is 10.1 Å². The standard InChI is InChI=1S/C10H16N4O/c1-8(2)14-6-9(5-12-14)13-10-7-15-4-3-11-10/h5-6,8H,3-4,7H2,1-2H3,(H,11,13). The van der Waals surface area contributed by atoms with Crippen molar-refractivity contribution in [1.82, 2.24) is 9.78 Å². The first-order valence-electron chi connectivity index (χ1n) is 5.18. The largest absolute Gasteiger partial charge is 0.372 e. The third kappa shape index (κ3) is 2.56. The number of amidine groups is 1. The molecule has 0 atom stereocenters. The molecule has 2 rings (SSSR count). The first-order valence-corrected chi connectivity index (χ1v) is 5.18. The number of aliphatic imine (C=N–C) groups is 1. The highest BCUT2D eigenvalue weighted by molar-refractivity contribution is 5.96. The second-order valence-corrected chi connectivity index (χ2v) is 3.81. The third-order valence-corrected chi connectivity index (χ3v) is 2.20. The van der Waals surface area contributed by atoms with Crippen LogP contribution in [-0.2, 0) is 4.74 Å². The molecule has 0 unspecified atom stereocenters. The molecule has 1 aliphatic heterocycles. The summed E-state index contributed by atoms with van der Waals surface area (Å²) in [5.74, 6) is 0.879. The molecule has 0 radical (unpaired) electrons. The van der Waals surface area contributed by atoms with Crippen LogP contribution in [0.5, 0.6) is 0 Å². The maximum atomic E-state index is 5.29. The van der Waals surface area contributed by atoms with Gasteiger partial charge in [0.25, 0.3) is 0 Å². The Bertz CT molecular complexity index is 356.